The molecule has 2 nitrogen and oxygen atoms in total. The third-order valence-corrected chi connectivity index (χ3v) is 3.15. The topological polar surface area (TPSA) is 29.5 Å². The van der Waals surface area contributed by atoms with E-state index in [4.69, 9.17) is 4.74 Å². The third kappa shape index (κ3) is 2.25. The molecule has 0 bridgehead atoms. The van der Waals surface area contributed by atoms with Gasteiger partial charge in [-0.3, -0.25) is 0 Å². The van der Waals surface area contributed by atoms with Gasteiger partial charge >= 0.3 is 0 Å². The minimum absolute atomic E-state index is 0.00583. The molecule has 0 radical (unpaired) electrons. The summed E-state index contributed by atoms with van der Waals surface area (Å²) in [5.74, 6) is -0.330. The average Bonchev–Trinajstić information content (AvgIpc) is 2.67. The fraction of sp³-hybridized carbons (Fsp3) is 0.538. The molecule has 1 aromatic rings. The van der Waals surface area contributed by atoms with Gasteiger partial charge in [0.1, 0.15) is 5.82 Å². The minimum Gasteiger partial charge on any atom is -0.388 e. The molecule has 0 saturated carbocycles. The Bertz CT molecular complexity index is 378. The van der Waals surface area contributed by atoms with Gasteiger partial charge in [0, 0.05) is 11.5 Å². The largest absolute Gasteiger partial charge is 0.388 e. The molecule has 0 aliphatic carbocycles. The predicted octanol–water partition coefficient (Wildman–Crippen LogP) is 2.59. The Hall–Kier alpha value is -0.930. The molecule has 88 valence electrons. The molecule has 0 spiro atoms. The molecule has 16 heavy (non-hydrogen) atoms. The highest BCUT2D eigenvalue weighted by Gasteiger charge is 2.30. The fourth-order valence-corrected chi connectivity index (χ4v) is 2.21. The van der Waals surface area contributed by atoms with Crippen LogP contribution in [0.3, 0.4) is 0 Å². The molecule has 1 heterocycles. The van der Waals surface area contributed by atoms with Crippen molar-refractivity contribution in [1.82, 2.24) is 0 Å². The molecule has 0 aromatic heterocycles. The number of aryl methyl sites for hydroxylation is 1. The van der Waals surface area contributed by atoms with Crippen LogP contribution in [0, 0.1) is 18.7 Å². The molecule has 3 unspecified atom stereocenters. The van der Waals surface area contributed by atoms with E-state index < -0.39 is 6.10 Å². The number of hydrogen-bond donors (Lipinski definition) is 1. The molecule has 1 N–H and O–H groups in total. The zero-order valence-corrected chi connectivity index (χ0v) is 9.61. The molecule has 1 fully saturated rings. The van der Waals surface area contributed by atoms with Crippen molar-refractivity contribution in [3.05, 3.63) is 35.1 Å². The van der Waals surface area contributed by atoms with Gasteiger partial charge in [-0.1, -0.05) is 17.7 Å². The Balaban J connectivity index is 2.20. The maximum absolute atomic E-state index is 13.6. The van der Waals surface area contributed by atoms with Crippen LogP contribution < -0.4 is 0 Å². The van der Waals surface area contributed by atoms with E-state index in [1.165, 1.54) is 6.07 Å². The molecule has 1 saturated heterocycles. The van der Waals surface area contributed by atoms with Crippen LogP contribution in [0.1, 0.15) is 30.6 Å². The van der Waals surface area contributed by atoms with Crippen molar-refractivity contribution in [2.45, 2.75) is 32.5 Å². The lowest BCUT2D eigenvalue weighted by molar-refractivity contribution is 0.0784. The van der Waals surface area contributed by atoms with Crippen molar-refractivity contribution in [1.29, 1.82) is 0 Å². The highest BCUT2D eigenvalue weighted by atomic mass is 19.1. The molecule has 3 heteroatoms. The number of halogens is 1. The second-order valence-corrected chi connectivity index (χ2v) is 4.61. The summed E-state index contributed by atoms with van der Waals surface area (Å²) in [6.45, 7) is 4.37. The monoisotopic (exact) mass is 224 g/mol. The molecular weight excluding hydrogens is 207 g/mol. The van der Waals surface area contributed by atoms with E-state index in [1.807, 2.05) is 13.8 Å². The van der Waals surface area contributed by atoms with Crippen molar-refractivity contribution in [3.63, 3.8) is 0 Å². The van der Waals surface area contributed by atoms with Crippen LogP contribution in [0.4, 0.5) is 4.39 Å². The number of rotatable bonds is 2. The van der Waals surface area contributed by atoms with Crippen molar-refractivity contribution in [3.8, 4) is 0 Å². The summed E-state index contributed by atoms with van der Waals surface area (Å²) in [4.78, 5) is 0. The molecule has 1 aliphatic heterocycles. The lowest BCUT2D eigenvalue weighted by atomic mass is 9.92. The summed E-state index contributed by atoms with van der Waals surface area (Å²) >= 11 is 0. The first kappa shape index (κ1) is 11.6. The predicted molar refractivity (Wildman–Crippen MR) is 59.6 cm³/mol. The zero-order valence-electron chi connectivity index (χ0n) is 9.61. The lowest BCUT2D eigenvalue weighted by Crippen LogP contribution is -2.14. The highest BCUT2D eigenvalue weighted by molar-refractivity contribution is 5.26. The van der Waals surface area contributed by atoms with Crippen LogP contribution in [-0.2, 0) is 4.74 Å². The van der Waals surface area contributed by atoms with Gasteiger partial charge < -0.3 is 9.84 Å². The summed E-state index contributed by atoms with van der Waals surface area (Å²) in [6, 6.07) is 4.83. The maximum Gasteiger partial charge on any atom is 0.129 e. The fourth-order valence-electron chi connectivity index (χ4n) is 2.21. The van der Waals surface area contributed by atoms with E-state index in [0.29, 0.717) is 12.2 Å². The van der Waals surface area contributed by atoms with E-state index >= 15 is 0 Å². The number of aliphatic hydroxyl groups excluding tert-OH is 1. The number of benzene rings is 1. The Kier molecular flexibility index (Phi) is 3.26. The summed E-state index contributed by atoms with van der Waals surface area (Å²) in [5.41, 5.74) is 1.35. The van der Waals surface area contributed by atoms with Crippen molar-refractivity contribution < 1.29 is 14.2 Å². The summed E-state index contributed by atoms with van der Waals surface area (Å²) in [7, 11) is 0. The van der Waals surface area contributed by atoms with Gasteiger partial charge in [0.15, 0.2) is 0 Å². The molecule has 1 aliphatic rings. The second-order valence-electron chi connectivity index (χ2n) is 4.61. The Morgan fingerprint density at radius 1 is 1.50 bits per heavy atom. The van der Waals surface area contributed by atoms with Crippen molar-refractivity contribution in [2.75, 3.05) is 6.61 Å². The first-order chi connectivity index (χ1) is 7.58. The van der Waals surface area contributed by atoms with Crippen LogP contribution in [0.25, 0.3) is 0 Å². The summed E-state index contributed by atoms with van der Waals surface area (Å²) in [6.07, 6.45) is 0.187. The standard InChI is InChI=1S/C13H17FO2/c1-8-3-4-12(14)11(5-8)13(15)10-6-9(2)16-7-10/h3-5,9-10,13,15H,6-7H2,1-2H3. The minimum atomic E-state index is -0.759. The lowest BCUT2D eigenvalue weighted by Gasteiger charge is -2.18. The van der Waals surface area contributed by atoms with Crippen molar-refractivity contribution in [2.24, 2.45) is 5.92 Å². The van der Waals surface area contributed by atoms with Crippen LogP contribution in [0.5, 0.6) is 0 Å². The van der Waals surface area contributed by atoms with E-state index in [9.17, 15) is 9.50 Å². The number of ether oxygens (including phenoxy) is 1. The van der Waals surface area contributed by atoms with Gasteiger partial charge in [-0.25, -0.2) is 4.39 Å². The van der Waals surface area contributed by atoms with Crippen LogP contribution in [0.2, 0.25) is 0 Å². The second kappa shape index (κ2) is 4.52. The average molecular weight is 224 g/mol. The smallest absolute Gasteiger partial charge is 0.129 e. The Morgan fingerprint density at radius 2 is 2.25 bits per heavy atom. The Morgan fingerprint density at radius 3 is 2.88 bits per heavy atom. The first-order valence-electron chi connectivity index (χ1n) is 5.63. The van der Waals surface area contributed by atoms with E-state index in [0.717, 1.165) is 12.0 Å². The van der Waals surface area contributed by atoms with Gasteiger partial charge in [0.05, 0.1) is 18.8 Å². The van der Waals surface area contributed by atoms with Crippen molar-refractivity contribution >= 4 is 0 Å². The van der Waals surface area contributed by atoms with Gasteiger partial charge in [-0.2, -0.15) is 0 Å². The molecule has 3 atom stereocenters. The van der Waals surface area contributed by atoms with Gasteiger partial charge in [-0.15, -0.1) is 0 Å². The number of hydrogen-bond acceptors (Lipinski definition) is 2. The molecular formula is C13H17FO2. The van der Waals surface area contributed by atoms with E-state index in [-0.39, 0.29) is 17.8 Å². The van der Waals surface area contributed by atoms with Gasteiger partial charge in [0.25, 0.3) is 0 Å². The first-order valence-corrected chi connectivity index (χ1v) is 5.63. The van der Waals surface area contributed by atoms with Crippen LogP contribution in [0.15, 0.2) is 18.2 Å². The molecule has 1 aromatic carbocycles. The zero-order chi connectivity index (χ0) is 11.7. The quantitative estimate of drug-likeness (QED) is 0.836. The van der Waals surface area contributed by atoms with Crippen LogP contribution >= 0.6 is 0 Å². The maximum atomic E-state index is 13.6. The Labute approximate surface area is 95.1 Å². The van der Waals surface area contributed by atoms with E-state index in [1.54, 1.807) is 12.1 Å². The molecule has 2 rings (SSSR count). The third-order valence-electron chi connectivity index (χ3n) is 3.15. The van der Waals surface area contributed by atoms with Gasteiger partial charge in [0.2, 0.25) is 0 Å². The summed E-state index contributed by atoms with van der Waals surface area (Å²) in [5, 5.41) is 10.1. The highest BCUT2D eigenvalue weighted by Crippen LogP contribution is 2.32. The van der Waals surface area contributed by atoms with Crippen LogP contribution in [-0.4, -0.2) is 17.8 Å². The van der Waals surface area contributed by atoms with Gasteiger partial charge in [-0.05, 0) is 26.3 Å². The molecule has 0 amide bonds. The van der Waals surface area contributed by atoms with E-state index in [2.05, 4.69) is 0 Å². The SMILES string of the molecule is Cc1ccc(F)c(C(O)C2COC(C)C2)c1. The summed E-state index contributed by atoms with van der Waals surface area (Å²) < 4.78 is 19.0. The number of aliphatic hydroxyl groups is 1. The normalized spacial score (nSPS) is 27.0.